The third-order valence-corrected chi connectivity index (χ3v) is 6.72. The number of nitrogens with one attached hydrogen (secondary N) is 1. The highest BCUT2D eigenvalue weighted by Gasteiger charge is 2.31. The smallest absolute Gasteiger partial charge is 0.255 e. The van der Waals surface area contributed by atoms with Crippen molar-refractivity contribution >= 4 is 21.6 Å². The lowest BCUT2D eigenvalue weighted by Crippen LogP contribution is -2.42. The second-order valence-electron chi connectivity index (χ2n) is 7.44. The van der Waals surface area contributed by atoms with Crippen molar-refractivity contribution in [1.29, 1.82) is 0 Å². The van der Waals surface area contributed by atoms with Crippen LogP contribution in [0.3, 0.4) is 0 Å². The van der Waals surface area contributed by atoms with Crippen molar-refractivity contribution < 1.29 is 13.2 Å². The molecule has 1 N–H and O–H groups in total. The van der Waals surface area contributed by atoms with Crippen molar-refractivity contribution in [2.45, 2.75) is 32.1 Å². The molecule has 3 rings (SSSR count). The highest BCUT2D eigenvalue weighted by molar-refractivity contribution is 7.89. The minimum absolute atomic E-state index is 0.220. The summed E-state index contributed by atoms with van der Waals surface area (Å²) in [6, 6.07) is 7.91. The molecule has 1 aliphatic rings. The summed E-state index contributed by atoms with van der Waals surface area (Å²) in [6.45, 7) is 7.11. The normalized spacial score (nSPS) is 21.0. The van der Waals surface area contributed by atoms with Gasteiger partial charge in [0.25, 0.3) is 5.91 Å². The molecule has 1 fully saturated rings. The van der Waals surface area contributed by atoms with Gasteiger partial charge < -0.3 is 5.32 Å². The zero-order chi connectivity index (χ0) is 19.6. The molecule has 7 heteroatoms. The quantitative estimate of drug-likeness (QED) is 0.873. The molecule has 2 aromatic rings. The van der Waals surface area contributed by atoms with Crippen LogP contribution in [-0.2, 0) is 10.0 Å². The molecule has 1 saturated heterocycles. The number of aromatic nitrogens is 1. The number of nitrogens with zero attached hydrogens (tertiary/aromatic N) is 2. The van der Waals surface area contributed by atoms with E-state index < -0.39 is 10.0 Å². The summed E-state index contributed by atoms with van der Waals surface area (Å²) in [5.74, 6) is 0.392. The van der Waals surface area contributed by atoms with Crippen molar-refractivity contribution in [3.05, 3.63) is 53.9 Å². The molecular formula is C20H25N3O3S. The Labute approximate surface area is 160 Å². The number of anilines is 1. The van der Waals surface area contributed by atoms with Crippen LogP contribution in [0, 0.1) is 18.8 Å². The van der Waals surface area contributed by atoms with E-state index in [-0.39, 0.29) is 10.8 Å². The number of pyridine rings is 1. The maximum atomic E-state index is 12.9. The summed E-state index contributed by atoms with van der Waals surface area (Å²) in [6.07, 6.45) is 4.29. The number of rotatable bonds is 4. The average molecular weight is 388 g/mol. The van der Waals surface area contributed by atoms with Crippen LogP contribution < -0.4 is 5.32 Å². The van der Waals surface area contributed by atoms with Crippen molar-refractivity contribution in [3.63, 3.8) is 0 Å². The number of piperidine rings is 1. The van der Waals surface area contributed by atoms with Crippen molar-refractivity contribution in [2.75, 3.05) is 18.4 Å². The van der Waals surface area contributed by atoms with E-state index in [2.05, 4.69) is 24.1 Å². The lowest BCUT2D eigenvalue weighted by molar-refractivity contribution is 0.102. The molecule has 6 nitrogen and oxygen atoms in total. The van der Waals surface area contributed by atoms with E-state index in [1.54, 1.807) is 28.8 Å². The van der Waals surface area contributed by atoms with Crippen LogP contribution in [0.5, 0.6) is 0 Å². The number of hydrogen-bond donors (Lipinski definition) is 1. The predicted octanol–water partition coefficient (Wildman–Crippen LogP) is 3.31. The molecule has 2 heterocycles. The fraction of sp³-hybridized carbons (Fsp3) is 0.400. The first-order chi connectivity index (χ1) is 12.8. The molecule has 27 heavy (non-hydrogen) atoms. The zero-order valence-electron chi connectivity index (χ0n) is 15.8. The summed E-state index contributed by atoms with van der Waals surface area (Å²) in [5.41, 5.74) is 1.94. The number of hydrogen-bond acceptors (Lipinski definition) is 4. The summed E-state index contributed by atoms with van der Waals surface area (Å²) in [7, 11) is -3.54. The van der Waals surface area contributed by atoms with Gasteiger partial charge in [-0.3, -0.25) is 9.78 Å². The summed E-state index contributed by atoms with van der Waals surface area (Å²) < 4.78 is 27.4. The third kappa shape index (κ3) is 4.36. The van der Waals surface area contributed by atoms with Crippen LogP contribution in [-0.4, -0.2) is 36.7 Å². The van der Waals surface area contributed by atoms with E-state index in [1.165, 1.54) is 12.1 Å². The van der Waals surface area contributed by atoms with Gasteiger partial charge in [-0.2, -0.15) is 4.31 Å². The molecule has 0 radical (unpaired) electrons. The monoisotopic (exact) mass is 387 g/mol. The van der Waals surface area contributed by atoms with Crippen molar-refractivity contribution in [2.24, 2.45) is 11.8 Å². The van der Waals surface area contributed by atoms with E-state index >= 15 is 0 Å². The maximum Gasteiger partial charge on any atom is 0.255 e. The second-order valence-corrected chi connectivity index (χ2v) is 9.38. The van der Waals surface area contributed by atoms with Gasteiger partial charge in [-0.25, -0.2) is 8.42 Å². The molecule has 1 aromatic carbocycles. The Kier molecular flexibility index (Phi) is 5.62. The molecule has 2 unspecified atom stereocenters. The molecule has 2 atom stereocenters. The third-order valence-electron chi connectivity index (χ3n) is 4.88. The topological polar surface area (TPSA) is 79.4 Å². The number of carbonyl (C=O) groups is 1. The molecule has 1 aromatic heterocycles. The van der Waals surface area contributed by atoms with Crippen LogP contribution in [0.15, 0.2) is 47.6 Å². The Morgan fingerprint density at radius 3 is 2.33 bits per heavy atom. The molecule has 0 spiro atoms. The van der Waals surface area contributed by atoms with E-state index in [0.29, 0.717) is 36.2 Å². The van der Waals surface area contributed by atoms with E-state index in [9.17, 15) is 13.2 Å². The lowest BCUT2D eigenvalue weighted by Gasteiger charge is -2.34. The highest BCUT2D eigenvalue weighted by Crippen LogP contribution is 2.27. The van der Waals surface area contributed by atoms with Gasteiger partial charge in [0, 0.05) is 24.8 Å². The summed E-state index contributed by atoms with van der Waals surface area (Å²) in [4.78, 5) is 16.6. The Bertz CT molecular complexity index is 916. The first-order valence-electron chi connectivity index (χ1n) is 9.09. The Hall–Kier alpha value is -2.25. The Balaban J connectivity index is 1.76. The molecule has 0 aliphatic carbocycles. The first kappa shape index (κ1) is 19.5. The fourth-order valence-corrected chi connectivity index (χ4v) is 5.20. The van der Waals surface area contributed by atoms with Crippen LogP contribution in [0.2, 0.25) is 0 Å². The molecule has 1 amide bonds. The molecule has 0 bridgehead atoms. The number of benzene rings is 1. The van der Waals surface area contributed by atoms with Crippen LogP contribution in [0.4, 0.5) is 5.69 Å². The van der Waals surface area contributed by atoms with E-state index in [0.717, 1.165) is 12.0 Å². The average Bonchev–Trinajstić information content (AvgIpc) is 2.63. The number of sulfonamides is 1. The van der Waals surface area contributed by atoms with Gasteiger partial charge in [-0.1, -0.05) is 13.8 Å². The SMILES string of the molecule is Cc1ccncc1NC(=O)c1ccc(S(=O)(=O)N2CC(C)CC(C)C2)cc1. The van der Waals surface area contributed by atoms with Gasteiger partial charge in [0.05, 0.1) is 16.8 Å². The number of amides is 1. The standard InChI is InChI=1S/C20H25N3O3S/c1-14-10-15(2)13-23(12-14)27(25,26)18-6-4-17(5-7-18)20(24)22-19-11-21-9-8-16(19)3/h4-9,11,14-15H,10,12-13H2,1-3H3,(H,22,24). The Morgan fingerprint density at radius 2 is 1.74 bits per heavy atom. The number of carbonyl (C=O) groups excluding carboxylic acids is 1. The van der Waals surface area contributed by atoms with Crippen LogP contribution in [0.25, 0.3) is 0 Å². The van der Waals surface area contributed by atoms with Gasteiger partial charge in [0.1, 0.15) is 0 Å². The van der Waals surface area contributed by atoms with E-state index in [4.69, 9.17) is 0 Å². The van der Waals surface area contributed by atoms with Crippen LogP contribution in [0.1, 0.15) is 36.2 Å². The molecular weight excluding hydrogens is 362 g/mol. The van der Waals surface area contributed by atoms with Gasteiger partial charge >= 0.3 is 0 Å². The van der Waals surface area contributed by atoms with Crippen molar-refractivity contribution in [1.82, 2.24) is 9.29 Å². The minimum atomic E-state index is -3.54. The minimum Gasteiger partial charge on any atom is -0.320 e. The second kappa shape index (κ2) is 7.78. The maximum absolute atomic E-state index is 12.9. The summed E-state index contributed by atoms with van der Waals surface area (Å²) >= 11 is 0. The predicted molar refractivity (Wildman–Crippen MR) is 105 cm³/mol. The van der Waals surface area contributed by atoms with Gasteiger partial charge in [0.2, 0.25) is 10.0 Å². The van der Waals surface area contributed by atoms with Gasteiger partial charge in [-0.15, -0.1) is 0 Å². The van der Waals surface area contributed by atoms with E-state index in [1.807, 2.05) is 13.0 Å². The lowest BCUT2D eigenvalue weighted by atomic mass is 9.94. The van der Waals surface area contributed by atoms with Crippen LogP contribution >= 0.6 is 0 Å². The largest absolute Gasteiger partial charge is 0.320 e. The molecule has 0 saturated carbocycles. The fourth-order valence-electron chi connectivity index (χ4n) is 3.52. The summed E-state index contributed by atoms with van der Waals surface area (Å²) in [5, 5.41) is 2.80. The Morgan fingerprint density at radius 1 is 1.11 bits per heavy atom. The zero-order valence-corrected chi connectivity index (χ0v) is 16.7. The molecule has 144 valence electrons. The van der Waals surface area contributed by atoms with Gasteiger partial charge in [-0.05, 0) is 61.1 Å². The highest BCUT2D eigenvalue weighted by atomic mass is 32.2. The molecule has 1 aliphatic heterocycles. The first-order valence-corrected chi connectivity index (χ1v) is 10.5. The van der Waals surface area contributed by atoms with Gasteiger partial charge in [0.15, 0.2) is 0 Å². The van der Waals surface area contributed by atoms with Crippen molar-refractivity contribution in [3.8, 4) is 0 Å². The number of aryl methyl sites for hydroxylation is 1.